The van der Waals surface area contributed by atoms with Gasteiger partial charge in [-0.05, 0) is 26.2 Å². The molecule has 128 valence electrons. The summed E-state index contributed by atoms with van der Waals surface area (Å²) in [7, 11) is 0. The molecule has 0 unspecified atom stereocenters. The predicted molar refractivity (Wildman–Crippen MR) is 76.8 cm³/mol. The van der Waals surface area contributed by atoms with Crippen LogP contribution in [-0.4, -0.2) is 44.3 Å². The van der Waals surface area contributed by atoms with Crippen LogP contribution < -0.4 is 0 Å². The van der Waals surface area contributed by atoms with Crippen LogP contribution in [0.4, 0.5) is 13.2 Å². The second-order valence-corrected chi connectivity index (χ2v) is 6.51. The summed E-state index contributed by atoms with van der Waals surface area (Å²) in [6, 6.07) is 0.241. The van der Waals surface area contributed by atoms with Crippen molar-refractivity contribution >= 4 is 5.91 Å². The van der Waals surface area contributed by atoms with E-state index >= 15 is 0 Å². The summed E-state index contributed by atoms with van der Waals surface area (Å²) in [6.07, 6.45) is 0.798. The number of piperidine rings is 1. The molecule has 0 N–H and O–H groups in total. The zero-order chi connectivity index (χ0) is 16.6. The number of hydrogen-bond donors (Lipinski definition) is 0. The minimum atomic E-state index is -4.33. The Kier molecular flexibility index (Phi) is 4.33. The molecule has 23 heavy (non-hydrogen) atoms. The van der Waals surface area contributed by atoms with Crippen LogP contribution in [0.5, 0.6) is 0 Å². The maximum absolute atomic E-state index is 12.7. The van der Waals surface area contributed by atoms with Crippen LogP contribution >= 0.6 is 0 Å². The van der Waals surface area contributed by atoms with Crippen molar-refractivity contribution in [3.05, 3.63) is 11.6 Å². The highest BCUT2D eigenvalue weighted by atomic mass is 19.4. The number of amides is 1. The highest BCUT2D eigenvalue weighted by Crippen LogP contribution is 2.33. The first-order chi connectivity index (χ1) is 10.8. The SMILES string of the molecule is Cc1nc([C@@H]2CCC(=O)N(C3CCCC3)C2)n(CC(F)(F)F)n1. The van der Waals surface area contributed by atoms with Gasteiger partial charge in [0.2, 0.25) is 5.91 Å². The smallest absolute Gasteiger partial charge is 0.339 e. The molecule has 0 aromatic carbocycles. The predicted octanol–water partition coefficient (Wildman–Crippen LogP) is 2.80. The molecule has 0 spiro atoms. The summed E-state index contributed by atoms with van der Waals surface area (Å²) in [6.45, 7) is 0.926. The molecule has 1 atom stereocenters. The number of nitrogens with zero attached hydrogens (tertiary/aromatic N) is 4. The second-order valence-electron chi connectivity index (χ2n) is 6.51. The van der Waals surface area contributed by atoms with Gasteiger partial charge in [-0.15, -0.1) is 0 Å². The van der Waals surface area contributed by atoms with Crippen molar-refractivity contribution in [2.24, 2.45) is 0 Å². The average molecular weight is 330 g/mol. The van der Waals surface area contributed by atoms with Gasteiger partial charge in [0.05, 0.1) is 0 Å². The molecule has 2 fully saturated rings. The van der Waals surface area contributed by atoms with E-state index in [1.807, 2.05) is 4.90 Å². The molecule has 1 aromatic rings. The fourth-order valence-electron chi connectivity index (χ4n) is 3.71. The second kappa shape index (κ2) is 6.13. The molecule has 1 amide bonds. The van der Waals surface area contributed by atoms with Gasteiger partial charge in [-0.3, -0.25) is 4.79 Å². The third-order valence-corrected chi connectivity index (χ3v) is 4.71. The number of hydrogen-bond acceptors (Lipinski definition) is 3. The van der Waals surface area contributed by atoms with E-state index in [1.165, 1.54) is 0 Å². The summed E-state index contributed by atoms with van der Waals surface area (Å²) in [4.78, 5) is 18.3. The first-order valence-corrected chi connectivity index (χ1v) is 8.11. The monoisotopic (exact) mass is 330 g/mol. The van der Waals surface area contributed by atoms with Gasteiger partial charge in [-0.25, -0.2) is 9.67 Å². The van der Waals surface area contributed by atoms with Crippen molar-refractivity contribution in [1.82, 2.24) is 19.7 Å². The molecule has 1 saturated carbocycles. The van der Waals surface area contributed by atoms with Crippen LogP contribution in [0.15, 0.2) is 0 Å². The molecule has 3 rings (SSSR count). The molecule has 0 radical (unpaired) electrons. The lowest BCUT2D eigenvalue weighted by Crippen LogP contribution is -2.45. The third-order valence-electron chi connectivity index (χ3n) is 4.71. The van der Waals surface area contributed by atoms with Gasteiger partial charge < -0.3 is 4.90 Å². The van der Waals surface area contributed by atoms with Crippen LogP contribution in [0, 0.1) is 6.92 Å². The third kappa shape index (κ3) is 3.67. The quantitative estimate of drug-likeness (QED) is 0.856. The summed E-state index contributed by atoms with van der Waals surface area (Å²) in [5.74, 6) is 0.646. The van der Waals surface area contributed by atoms with Crippen molar-refractivity contribution in [3.8, 4) is 0 Å². The van der Waals surface area contributed by atoms with Crippen molar-refractivity contribution in [1.29, 1.82) is 0 Å². The fraction of sp³-hybridized carbons (Fsp3) is 0.800. The maximum atomic E-state index is 12.7. The maximum Gasteiger partial charge on any atom is 0.408 e. The number of aryl methyl sites for hydroxylation is 1. The number of halogens is 3. The Morgan fingerprint density at radius 1 is 1.22 bits per heavy atom. The Hall–Kier alpha value is -1.60. The average Bonchev–Trinajstić information content (AvgIpc) is 3.07. The first-order valence-electron chi connectivity index (χ1n) is 8.11. The molecule has 8 heteroatoms. The molecule has 5 nitrogen and oxygen atoms in total. The minimum Gasteiger partial charge on any atom is -0.339 e. The van der Waals surface area contributed by atoms with Crippen LogP contribution in [0.2, 0.25) is 0 Å². The number of rotatable bonds is 3. The molecular weight excluding hydrogens is 309 g/mol. The normalized spacial score (nSPS) is 23.7. The van der Waals surface area contributed by atoms with E-state index in [0.29, 0.717) is 31.0 Å². The largest absolute Gasteiger partial charge is 0.408 e. The summed E-state index contributed by atoms with van der Waals surface area (Å²) >= 11 is 0. The first kappa shape index (κ1) is 16.3. The highest BCUT2D eigenvalue weighted by Gasteiger charge is 2.37. The fourth-order valence-corrected chi connectivity index (χ4v) is 3.71. The van der Waals surface area contributed by atoms with E-state index in [4.69, 9.17) is 0 Å². The minimum absolute atomic E-state index is 0.117. The van der Waals surface area contributed by atoms with Gasteiger partial charge in [-0.1, -0.05) is 12.8 Å². The Bertz CT molecular complexity index is 578. The van der Waals surface area contributed by atoms with E-state index in [1.54, 1.807) is 6.92 Å². The molecule has 1 aliphatic heterocycles. The summed E-state index contributed by atoms with van der Waals surface area (Å²) in [5.41, 5.74) is 0. The Labute approximate surface area is 132 Å². The zero-order valence-electron chi connectivity index (χ0n) is 13.1. The van der Waals surface area contributed by atoms with Crippen molar-refractivity contribution in [3.63, 3.8) is 0 Å². The number of aromatic nitrogens is 3. The number of alkyl halides is 3. The molecule has 0 bridgehead atoms. The number of likely N-dealkylation sites (tertiary alicyclic amines) is 1. The van der Waals surface area contributed by atoms with Crippen LogP contribution in [-0.2, 0) is 11.3 Å². The summed E-state index contributed by atoms with van der Waals surface area (Å²) < 4.78 is 39.1. The summed E-state index contributed by atoms with van der Waals surface area (Å²) in [5, 5.41) is 3.89. The van der Waals surface area contributed by atoms with E-state index in [2.05, 4.69) is 10.1 Å². The molecule has 1 aliphatic carbocycles. The standard InChI is InChI=1S/C15H21F3N4O/c1-10-19-14(22(20-10)9-15(16,17)18)11-6-7-13(23)21(8-11)12-4-2-3-5-12/h11-12H,2-9H2,1H3/t11-/m1/s1. The molecule has 1 saturated heterocycles. The van der Waals surface area contributed by atoms with Crippen molar-refractivity contribution in [2.45, 2.75) is 70.1 Å². The topological polar surface area (TPSA) is 51.0 Å². The van der Waals surface area contributed by atoms with E-state index in [0.717, 1.165) is 30.4 Å². The van der Waals surface area contributed by atoms with E-state index in [-0.39, 0.29) is 17.9 Å². The lowest BCUT2D eigenvalue weighted by atomic mass is 9.95. The van der Waals surface area contributed by atoms with Crippen LogP contribution in [0.3, 0.4) is 0 Å². The Balaban J connectivity index is 1.80. The molecular formula is C15H21F3N4O. The van der Waals surface area contributed by atoms with Gasteiger partial charge in [0.15, 0.2) is 0 Å². The van der Waals surface area contributed by atoms with Gasteiger partial charge in [0.25, 0.3) is 0 Å². The lowest BCUT2D eigenvalue weighted by molar-refractivity contribution is -0.144. The molecule has 2 aliphatic rings. The van der Waals surface area contributed by atoms with Gasteiger partial charge in [0.1, 0.15) is 18.2 Å². The van der Waals surface area contributed by atoms with Gasteiger partial charge in [0, 0.05) is 24.9 Å². The zero-order valence-corrected chi connectivity index (χ0v) is 13.1. The number of carbonyl (C=O) groups excluding carboxylic acids is 1. The van der Waals surface area contributed by atoms with E-state index in [9.17, 15) is 18.0 Å². The molecule has 2 heterocycles. The van der Waals surface area contributed by atoms with Crippen molar-refractivity contribution in [2.75, 3.05) is 6.54 Å². The van der Waals surface area contributed by atoms with E-state index < -0.39 is 12.7 Å². The van der Waals surface area contributed by atoms with Crippen LogP contribution in [0.1, 0.15) is 56.1 Å². The number of carbonyl (C=O) groups is 1. The Morgan fingerprint density at radius 3 is 2.57 bits per heavy atom. The van der Waals surface area contributed by atoms with Crippen molar-refractivity contribution < 1.29 is 18.0 Å². The van der Waals surface area contributed by atoms with Gasteiger partial charge >= 0.3 is 6.18 Å². The Morgan fingerprint density at radius 2 is 1.91 bits per heavy atom. The molecule has 1 aromatic heterocycles. The lowest BCUT2D eigenvalue weighted by Gasteiger charge is -2.36. The highest BCUT2D eigenvalue weighted by molar-refractivity contribution is 5.77. The van der Waals surface area contributed by atoms with Crippen LogP contribution in [0.25, 0.3) is 0 Å². The van der Waals surface area contributed by atoms with Gasteiger partial charge in [-0.2, -0.15) is 18.3 Å².